The number of hydrogen-bond acceptors (Lipinski definition) is 4. The average molecular weight is 201 g/mol. The molecule has 0 fully saturated rings. The first-order valence-corrected chi connectivity index (χ1v) is 4.30. The van der Waals surface area contributed by atoms with E-state index in [0.717, 1.165) is 12.2 Å². The van der Waals surface area contributed by atoms with Gasteiger partial charge < -0.3 is 4.74 Å². The summed E-state index contributed by atoms with van der Waals surface area (Å²) in [5, 5.41) is 6.59. The second-order valence-corrected chi connectivity index (χ2v) is 2.85. The first-order chi connectivity index (χ1) is 6.19. The van der Waals surface area contributed by atoms with Crippen LogP contribution in [-0.2, 0) is 22.5 Å². The minimum Gasteiger partial charge on any atom is -0.468 e. The number of nitrogens with one attached hydrogen (secondary N) is 1. The maximum atomic E-state index is 11.0. The zero-order valence-electron chi connectivity index (χ0n) is 7.53. The predicted molar refractivity (Wildman–Crippen MR) is 48.8 cm³/mol. The summed E-state index contributed by atoms with van der Waals surface area (Å²) in [6, 6.07) is 0. The van der Waals surface area contributed by atoms with Crippen LogP contribution in [0.4, 0.5) is 0 Å². The van der Waals surface area contributed by atoms with Crippen molar-refractivity contribution in [2.75, 3.05) is 7.11 Å². The van der Waals surface area contributed by atoms with Gasteiger partial charge in [-0.1, -0.05) is 6.92 Å². The number of H-pyrrole nitrogens is 1. The molecule has 0 unspecified atom stereocenters. The summed E-state index contributed by atoms with van der Waals surface area (Å²) in [7, 11) is 1.34. The van der Waals surface area contributed by atoms with Crippen molar-refractivity contribution in [2.45, 2.75) is 19.9 Å². The van der Waals surface area contributed by atoms with Crippen molar-refractivity contribution in [1.29, 1.82) is 0 Å². The molecule has 1 heterocycles. The van der Waals surface area contributed by atoms with Crippen LogP contribution in [0.1, 0.15) is 12.7 Å². The molecular formula is C7H11N3O2S. The zero-order valence-corrected chi connectivity index (χ0v) is 8.35. The monoisotopic (exact) mass is 201 g/mol. The summed E-state index contributed by atoms with van der Waals surface area (Å²) in [6.07, 6.45) is 0.726. The molecule has 0 spiro atoms. The Morgan fingerprint density at radius 3 is 3.00 bits per heavy atom. The van der Waals surface area contributed by atoms with E-state index in [-0.39, 0.29) is 12.5 Å². The Hall–Kier alpha value is -1.17. The molecule has 5 nitrogen and oxygen atoms in total. The third-order valence-electron chi connectivity index (χ3n) is 1.67. The molecule has 0 aliphatic carbocycles. The van der Waals surface area contributed by atoms with Crippen LogP contribution in [0.5, 0.6) is 0 Å². The quantitative estimate of drug-likeness (QED) is 0.577. The standard InChI is InChI=1S/C7H11N3O2S/c1-3-5-8-9-7(13)10(5)4-6(11)12-2/h3-4H2,1-2H3,(H,9,13). The average Bonchev–Trinajstić information content (AvgIpc) is 2.48. The molecule has 1 N–H and O–H groups in total. The van der Waals surface area contributed by atoms with E-state index >= 15 is 0 Å². The highest BCUT2D eigenvalue weighted by molar-refractivity contribution is 7.71. The highest BCUT2D eigenvalue weighted by Gasteiger charge is 2.08. The number of rotatable bonds is 3. The van der Waals surface area contributed by atoms with Gasteiger partial charge in [0.1, 0.15) is 12.4 Å². The Kier molecular flexibility index (Phi) is 3.18. The Balaban J connectivity index is 2.92. The van der Waals surface area contributed by atoms with Crippen LogP contribution in [0.25, 0.3) is 0 Å². The fourth-order valence-electron chi connectivity index (χ4n) is 0.977. The van der Waals surface area contributed by atoms with Crippen LogP contribution < -0.4 is 0 Å². The number of aryl methyl sites for hydroxylation is 1. The topological polar surface area (TPSA) is 59.9 Å². The molecule has 0 aromatic carbocycles. The van der Waals surface area contributed by atoms with E-state index in [4.69, 9.17) is 12.2 Å². The first kappa shape index (κ1) is 9.91. The lowest BCUT2D eigenvalue weighted by molar-refractivity contribution is -0.141. The van der Waals surface area contributed by atoms with Gasteiger partial charge in [-0.2, -0.15) is 5.10 Å². The van der Waals surface area contributed by atoms with Gasteiger partial charge in [0.15, 0.2) is 4.77 Å². The summed E-state index contributed by atoms with van der Waals surface area (Å²) in [5.41, 5.74) is 0. The minimum absolute atomic E-state index is 0.120. The third-order valence-corrected chi connectivity index (χ3v) is 1.98. The summed E-state index contributed by atoms with van der Waals surface area (Å²) < 4.78 is 6.60. The highest BCUT2D eigenvalue weighted by Crippen LogP contribution is 1.98. The number of aromatic amines is 1. The minimum atomic E-state index is -0.327. The molecule has 6 heteroatoms. The molecule has 0 aliphatic rings. The zero-order chi connectivity index (χ0) is 9.84. The van der Waals surface area contributed by atoms with Crippen LogP contribution in [0.15, 0.2) is 0 Å². The van der Waals surface area contributed by atoms with E-state index in [0.29, 0.717) is 4.77 Å². The van der Waals surface area contributed by atoms with Gasteiger partial charge in [-0.3, -0.25) is 14.5 Å². The fraction of sp³-hybridized carbons (Fsp3) is 0.571. The fourth-order valence-corrected chi connectivity index (χ4v) is 1.19. The number of hydrogen-bond donors (Lipinski definition) is 1. The van der Waals surface area contributed by atoms with Gasteiger partial charge in [-0.25, -0.2) is 0 Å². The molecule has 0 saturated heterocycles. The van der Waals surface area contributed by atoms with Gasteiger partial charge in [0.05, 0.1) is 7.11 Å². The van der Waals surface area contributed by atoms with Crippen LogP contribution in [0, 0.1) is 4.77 Å². The second-order valence-electron chi connectivity index (χ2n) is 2.46. The number of ether oxygens (including phenoxy) is 1. The summed E-state index contributed by atoms with van der Waals surface area (Å²) in [6.45, 7) is 2.06. The Morgan fingerprint density at radius 2 is 2.46 bits per heavy atom. The molecule has 1 aromatic rings. The molecule has 0 atom stereocenters. The summed E-state index contributed by atoms with van der Waals surface area (Å²) in [4.78, 5) is 11.0. The number of methoxy groups -OCH3 is 1. The number of esters is 1. The summed E-state index contributed by atoms with van der Waals surface area (Å²) in [5.74, 6) is 0.433. The van der Waals surface area contributed by atoms with Gasteiger partial charge >= 0.3 is 5.97 Å². The maximum absolute atomic E-state index is 11.0. The Labute approximate surface area is 80.7 Å². The lowest BCUT2D eigenvalue weighted by atomic mass is 10.4. The lowest BCUT2D eigenvalue weighted by Crippen LogP contribution is -2.13. The molecule has 0 amide bonds. The molecule has 1 aromatic heterocycles. The lowest BCUT2D eigenvalue weighted by Gasteiger charge is -2.02. The van der Waals surface area contributed by atoms with Crippen LogP contribution in [-0.4, -0.2) is 27.8 Å². The number of aromatic nitrogens is 3. The van der Waals surface area contributed by atoms with Crippen LogP contribution in [0.3, 0.4) is 0 Å². The van der Waals surface area contributed by atoms with E-state index in [2.05, 4.69) is 14.9 Å². The molecule has 0 aliphatic heterocycles. The van der Waals surface area contributed by atoms with Gasteiger partial charge in [0.2, 0.25) is 0 Å². The predicted octanol–water partition coefficient (Wildman–Crippen LogP) is 0.676. The molecule has 0 radical (unpaired) electrons. The van der Waals surface area contributed by atoms with Gasteiger partial charge in [0, 0.05) is 6.42 Å². The molecule has 0 bridgehead atoms. The van der Waals surface area contributed by atoms with Crippen molar-refractivity contribution >= 4 is 18.2 Å². The molecule has 72 valence electrons. The van der Waals surface area contributed by atoms with Crippen molar-refractivity contribution in [3.05, 3.63) is 10.6 Å². The second kappa shape index (κ2) is 4.18. The van der Waals surface area contributed by atoms with E-state index in [1.165, 1.54) is 7.11 Å². The van der Waals surface area contributed by atoms with Crippen molar-refractivity contribution < 1.29 is 9.53 Å². The third kappa shape index (κ3) is 2.15. The van der Waals surface area contributed by atoms with Crippen molar-refractivity contribution in [2.24, 2.45) is 0 Å². The van der Waals surface area contributed by atoms with E-state index in [1.54, 1.807) is 4.57 Å². The van der Waals surface area contributed by atoms with Crippen LogP contribution in [0.2, 0.25) is 0 Å². The van der Waals surface area contributed by atoms with E-state index in [1.807, 2.05) is 6.92 Å². The smallest absolute Gasteiger partial charge is 0.325 e. The Morgan fingerprint density at radius 1 is 1.77 bits per heavy atom. The van der Waals surface area contributed by atoms with E-state index in [9.17, 15) is 4.79 Å². The maximum Gasteiger partial charge on any atom is 0.325 e. The van der Waals surface area contributed by atoms with Crippen molar-refractivity contribution in [1.82, 2.24) is 14.8 Å². The van der Waals surface area contributed by atoms with Crippen molar-refractivity contribution in [3.8, 4) is 0 Å². The number of carbonyl (C=O) groups excluding carboxylic acids is 1. The first-order valence-electron chi connectivity index (χ1n) is 3.90. The Bertz CT molecular complexity index is 355. The number of nitrogens with zero attached hydrogens (tertiary/aromatic N) is 2. The van der Waals surface area contributed by atoms with Gasteiger partial charge in [0.25, 0.3) is 0 Å². The summed E-state index contributed by atoms with van der Waals surface area (Å²) >= 11 is 4.94. The van der Waals surface area contributed by atoms with Crippen LogP contribution >= 0.6 is 12.2 Å². The molecular weight excluding hydrogens is 190 g/mol. The highest BCUT2D eigenvalue weighted by atomic mass is 32.1. The number of carbonyl (C=O) groups is 1. The largest absolute Gasteiger partial charge is 0.468 e. The molecule has 1 rings (SSSR count). The SMILES string of the molecule is CCc1n[nH]c(=S)n1CC(=O)OC. The van der Waals surface area contributed by atoms with Crippen molar-refractivity contribution in [3.63, 3.8) is 0 Å². The van der Waals surface area contributed by atoms with E-state index < -0.39 is 0 Å². The molecule has 0 saturated carbocycles. The molecule has 13 heavy (non-hydrogen) atoms. The normalized spacial score (nSPS) is 10.0. The van der Waals surface area contributed by atoms with Gasteiger partial charge in [-0.05, 0) is 12.2 Å². The van der Waals surface area contributed by atoms with Gasteiger partial charge in [-0.15, -0.1) is 0 Å².